The van der Waals surface area contributed by atoms with Crippen LogP contribution in [-0.2, 0) is 21.4 Å². The Labute approximate surface area is 165 Å². The minimum Gasteiger partial charge on any atom is -0.360 e. The zero-order valence-corrected chi connectivity index (χ0v) is 17.2. The normalized spacial score (nSPS) is 16.9. The SMILES string of the molecule is Cc1noc(C)c1S(=O)(=O)N[C@@H](C)C(=O)N1CCN(Cc2ccccc2)CC1. The second-order valence-corrected chi connectivity index (χ2v) is 8.73. The molecule has 9 heteroatoms. The summed E-state index contributed by atoms with van der Waals surface area (Å²) in [5, 5.41) is 3.67. The zero-order chi connectivity index (χ0) is 20.3. The number of amides is 1. The molecule has 1 aromatic carbocycles. The van der Waals surface area contributed by atoms with E-state index in [0.29, 0.717) is 13.1 Å². The van der Waals surface area contributed by atoms with Gasteiger partial charge in [-0.2, -0.15) is 4.72 Å². The van der Waals surface area contributed by atoms with Crippen molar-refractivity contribution < 1.29 is 17.7 Å². The molecule has 2 aromatic rings. The standard InChI is InChI=1S/C19H26N4O4S/c1-14-18(16(3)27-20-14)28(25,26)21-15(2)19(24)23-11-9-22(10-12-23)13-17-7-5-4-6-8-17/h4-8,15,21H,9-13H2,1-3H3/t15-/m0/s1. The monoisotopic (exact) mass is 406 g/mol. The van der Waals surface area contributed by atoms with Crippen LogP contribution in [0.4, 0.5) is 0 Å². The molecule has 3 rings (SSSR count). The Hall–Kier alpha value is -2.23. The summed E-state index contributed by atoms with van der Waals surface area (Å²) in [6, 6.07) is 9.33. The molecule has 0 radical (unpaired) electrons. The van der Waals surface area contributed by atoms with Crippen molar-refractivity contribution in [1.82, 2.24) is 19.7 Å². The molecule has 0 bridgehead atoms. The van der Waals surface area contributed by atoms with Crippen LogP contribution < -0.4 is 4.72 Å². The molecule has 1 aromatic heterocycles. The average molecular weight is 407 g/mol. The molecule has 8 nitrogen and oxygen atoms in total. The minimum atomic E-state index is -3.88. The number of piperazine rings is 1. The van der Waals surface area contributed by atoms with Gasteiger partial charge in [-0.1, -0.05) is 35.5 Å². The van der Waals surface area contributed by atoms with E-state index in [9.17, 15) is 13.2 Å². The third kappa shape index (κ3) is 4.60. The molecule has 2 heterocycles. The lowest BCUT2D eigenvalue weighted by molar-refractivity contribution is -0.134. The predicted octanol–water partition coefficient (Wildman–Crippen LogP) is 1.30. The van der Waals surface area contributed by atoms with Gasteiger partial charge in [-0.05, 0) is 26.3 Å². The van der Waals surface area contributed by atoms with Crippen LogP contribution >= 0.6 is 0 Å². The van der Waals surface area contributed by atoms with Gasteiger partial charge >= 0.3 is 0 Å². The molecule has 1 amide bonds. The maximum atomic E-state index is 12.7. The van der Waals surface area contributed by atoms with Crippen LogP contribution in [0.2, 0.25) is 0 Å². The summed E-state index contributed by atoms with van der Waals surface area (Å²) in [5.74, 6) is -0.0196. The molecule has 1 aliphatic heterocycles. The number of nitrogens with zero attached hydrogens (tertiary/aromatic N) is 3. The summed E-state index contributed by atoms with van der Waals surface area (Å²) < 4.78 is 32.6. The smallest absolute Gasteiger partial charge is 0.246 e. The molecule has 1 atom stereocenters. The number of hydrogen-bond donors (Lipinski definition) is 1. The first-order valence-electron chi connectivity index (χ1n) is 9.28. The van der Waals surface area contributed by atoms with Gasteiger partial charge in [-0.15, -0.1) is 0 Å². The van der Waals surface area contributed by atoms with Crippen molar-refractivity contribution in [1.29, 1.82) is 0 Å². The van der Waals surface area contributed by atoms with E-state index in [1.807, 2.05) is 18.2 Å². The zero-order valence-electron chi connectivity index (χ0n) is 16.4. The van der Waals surface area contributed by atoms with Gasteiger partial charge < -0.3 is 9.42 Å². The molecule has 1 aliphatic rings. The maximum Gasteiger partial charge on any atom is 0.246 e. The largest absolute Gasteiger partial charge is 0.360 e. The Balaban J connectivity index is 1.56. The van der Waals surface area contributed by atoms with E-state index in [1.54, 1.807) is 18.7 Å². The molecule has 1 saturated heterocycles. The number of sulfonamides is 1. The summed E-state index contributed by atoms with van der Waals surface area (Å²) in [6.07, 6.45) is 0. The van der Waals surface area contributed by atoms with Crippen molar-refractivity contribution in [3.05, 3.63) is 47.3 Å². The van der Waals surface area contributed by atoms with Gasteiger partial charge in [0.2, 0.25) is 15.9 Å². The van der Waals surface area contributed by atoms with Gasteiger partial charge in [0.1, 0.15) is 10.6 Å². The van der Waals surface area contributed by atoms with E-state index < -0.39 is 16.1 Å². The van der Waals surface area contributed by atoms with E-state index >= 15 is 0 Å². The molecular weight excluding hydrogens is 380 g/mol. The van der Waals surface area contributed by atoms with Crippen LogP contribution in [0, 0.1) is 13.8 Å². The van der Waals surface area contributed by atoms with E-state index in [1.165, 1.54) is 12.5 Å². The van der Waals surface area contributed by atoms with E-state index in [-0.39, 0.29) is 22.3 Å². The Morgan fingerprint density at radius 3 is 2.39 bits per heavy atom. The van der Waals surface area contributed by atoms with Gasteiger partial charge in [-0.25, -0.2) is 8.42 Å². The highest BCUT2D eigenvalue weighted by atomic mass is 32.2. The van der Waals surface area contributed by atoms with Crippen LogP contribution in [0.25, 0.3) is 0 Å². The lowest BCUT2D eigenvalue weighted by Gasteiger charge is -2.36. The number of hydrogen-bond acceptors (Lipinski definition) is 6. The fraction of sp³-hybridized carbons (Fsp3) is 0.474. The third-order valence-electron chi connectivity index (χ3n) is 4.87. The van der Waals surface area contributed by atoms with E-state index in [4.69, 9.17) is 4.52 Å². The van der Waals surface area contributed by atoms with Crippen molar-refractivity contribution in [2.24, 2.45) is 0 Å². The van der Waals surface area contributed by atoms with Crippen LogP contribution in [0.5, 0.6) is 0 Å². The van der Waals surface area contributed by atoms with Crippen molar-refractivity contribution in [3.63, 3.8) is 0 Å². The van der Waals surface area contributed by atoms with E-state index in [0.717, 1.165) is 19.6 Å². The fourth-order valence-electron chi connectivity index (χ4n) is 3.44. The van der Waals surface area contributed by atoms with Crippen LogP contribution in [-0.4, -0.2) is 61.5 Å². The van der Waals surface area contributed by atoms with E-state index in [2.05, 4.69) is 26.9 Å². The lowest BCUT2D eigenvalue weighted by atomic mass is 10.2. The summed E-state index contributed by atoms with van der Waals surface area (Å²) in [6.45, 7) is 8.15. The second-order valence-electron chi connectivity index (χ2n) is 7.08. The highest BCUT2D eigenvalue weighted by Crippen LogP contribution is 2.19. The number of aromatic nitrogens is 1. The van der Waals surface area contributed by atoms with Crippen LogP contribution in [0.1, 0.15) is 23.9 Å². The molecule has 0 saturated carbocycles. The molecule has 28 heavy (non-hydrogen) atoms. The first-order valence-corrected chi connectivity index (χ1v) is 10.8. The molecular formula is C19H26N4O4S. The van der Waals surface area contributed by atoms with Crippen molar-refractivity contribution >= 4 is 15.9 Å². The maximum absolute atomic E-state index is 12.7. The van der Waals surface area contributed by atoms with Gasteiger partial charge in [0, 0.05) is 32.7 Å². The Morgan fingerprint density at radius 1 is 1.18 bits per heavy atom. The topological polar surface area (TPSA) is 95.8 Å². The number of nitrogens with one attached hydrogen (secondary N) is 1. The summed E-state index contributed by atoms with van der Waals surface area (Å²) in [4.78, 5) is 16.7. The predicted molar refractivity (Wildman–Crippen MR) is 104 cm³/mol. The second kappa shape index (κ2) is 8.42. The number of benzene rings is 1. The molecule has 0 unspecified atom stereocenters. The van der Waals surface area contributed by atoms with Crippen molar-refractivity contribution in [3.8, 4) is 0 Å². The molecule has 0 aliphatic carbocycles. The van der Waals surface area contributed by atoms with Crippen LogP contribution in [0.3, 0.4) is 0 Å². The van der Waals surface area contributed by atoms with Crippen molar-refractivity contribution in [2.45, 2.75) is 38.3 Å². The molecule has 1 fully saturated rings. The first-order chi connectivity index (χ1) is 13.3. The highest BCUT2D eigenvalue weighted by molar-refractivity contribution is 7.89. The Bertz CT molecular complexity index is 899. The lowest BCUT2D eigenvalue weighted by Crippen LogP contribution is -2.53. The number of carbonyl (C=O) groups is 1. The quantitative estimate of drug-likeness (QED) is 0.777. The molecule has 0 spiro atoms. The molecule has 152 valence electrons. The Kier molecular flexibility index (Phi) is 6.17. The summed E-state index contributed by atoms with van der Waals surface area (Å²) >= 11 is 0. The van der Waals surface area contributed by atoms with Gasteiger partial charge in [-0.3, -0.25) is 9.69 Å². The van der Waals surface area contributed by atoms with Gasteiger partial charge in [0.05, 0.1) is 6.04 Å². The highest BCUT2D eigenvalue weighted by Gasteiger charge is 2.31. The average Bonchev–Trinajstić information content (AvgIpc) is 3.01. The number of aryl methyl sites for hydroxylation is 2. The fourth-order valence-corrected chi connectivity index (χ4v) is 4.97. The molecule has 1 N–H and O–H groups in total. The van der Waals surface area contributed by atoms with Gasteiger partial charge in [0.15, 0.2) is 5.76 Å². The summed E-state index contributed by atoms with van der Waals surface area (Å²) in [5.41, 5.74) is 1.52. The third-order valence-corrected chi connectivity index (χ3v) is 6.66. The minimum absolute atomic E-state index is 0.000157. The van der Waals surface area contributed by atoms with Gasteiger partial charge in [0.25, 0.3) is 0 Å². The Morgan fingerprint density at radius 2 is 1.82 bits per heavy atom. The van der Waals surface area contributed by atoms with Crippen molar-refractivity contribution in [2.75, 3.05) is 26.2 Å². The van der Waals surface area contributed by atoms with Crippen LogP contribution in [0.15, 0.2) is 39.8 Å². The number of carbonyl (C=O) groups excluding carboxylic acids is 1. The summed E-state index contributed by atoms with van der Waals surface area (Å²) in [7, 11) is -3.88. The first kappa shape index (κ1) is 20.5. The number of rotatable bonds is 6.